The van der Waals surface area contributed by atoms with Crippen molar-refractivity contribution in [1.82, 2.24) is 0 Å². The maximum absolute atomic E-state index is 11.2. The summed E-state index contributed by atoms with van der Waals surface area (Å²) in [6, 6.07) is 10.9. The third-order valence-electron chi connectivity index (χ3n) is 4.17. The second-order valence-electron chi connectivity index (χ2n) is 6.37. The first-order chi connectivity index (χ1) is 12.4. The molecule has 0 spiro atoms. The zero-order valence-electron chi connectivity index (χ0n) is 15.0. The molecule has 2 rings (SSSR count). The first-order valence-corrected chi connectivity index (χ1v) is 10.4. The Balaban J connectivity index is 2.00. The van der Waals surface area contributed by atoms with Gasteiger partial charge in [0, 0.05) is 6.07 Å². The molecule has 26 heavy (non-hydrogen) atoms. The van der Waals surface area contributed by atoms with E-state index in [2.05, 4.69) is 6.92 Å². The van der Waals surface area contributed by atoms with Crippen molar-refractivity contribution in [2.45, 2.75) is 56.8 Å². The number of phenolic OH excluding ortho intramolecular Hbond substituents is 1. The van der Waals surface area contributed by atoms with Gasteiger partial charge in [0.15, 0.2) is 11.5 Å². The van der Waals surface area contributed by atoms with Crippen LogP contribution >= 0.6 is 0 Å². The summed E-state index contributed by atoms with van der Waals surface area (Å²) in [4.78, 5) is -0.325. The Hall–Kier alpha value is -2.05. The Bertz CT molecular complexity index is 815. The summed E-state index contributed by atoms with van der Waals surface area (Å²) in [5.41, 5.74) is 1.13. The van der Waals surface area contributed by atoms with Crippen LogP contribution in [0.4, 0.5) is 0 Å². The number of rotatable bonds is 10. The standard InChI is InChI=1S/C20H26O5S/c1-2-3-4-5-6-7-9-16-10-8-11-17(14-16)25-20-15-18(26(22,23)24)12-13-19(20)21/h8,10-15,21H,2-7,9H2,1H3,(H,22,23,24). The molecule has 0 unspecified atom stereocenters. The number of hydrogen-bond acceptors (Lipinski definition) is 4. The van der Waals surface area contributed by atoms with Gasteiger partial charge in [-0.15, -0.1) is 0 Å². The summed E-state index contributed by atoms with van der Waals surface area (Å²) in [5, 5.41) is 9.87. The van der Waals surface area contributed by atoms with Crippen molar-refractivity contribution in [1.29, 1.82) is 0 Å². The van der Waals surface area contributed by atoms with E-state index in [1.165, 1.54) is 38.2 Å². The number of hydrogen-bond donors (Lipinski definition) is 2. The van der Waals surface area contributed by atoms with E-state index in [0.717, 1.165) is 30.5 Å². The third-order valence-corrected chi connectivity index (χ3v) is 5.02. The molecule has 0 saturated heterocycles. The van der Waals surface area contributed by atoms with Gasteiger partial charge in [-0.2, -0.15) is 8.42 Å². The molecular formula is C20H26O5S. The van der Waals surface area contributed by atoms with E-state index in [9.17, 15) is 13.5 Å². The first-order valence-electron chi connectivity index (χ1n) is 8.97. The van der Waals surface area contributed by atoms with Gasteiger partial charge in [-0.1, -0.05) is 51.2 Å². The molecule has 2 aromatic carbocycles. The highest BCUT2D eigenvalue weighted by molar-refractivity contribution is 7.85. The van der Waals surface area contributed by atoms with E-state index in [4.69, 9.17) is 9.29 Å². The van der Waals surface area contributed by atoms with Crippen LogP contribution in [-0.2, 0) is 16.5 Å². The molecule has 0 bridgehead atoms. The molecule has 142 valence electrons. The number of aromatic hydroxyl groups is 1. The molecule has 0 atom stereocenters. The van der Waals surface area contributed by atoms with Crippen LogP contribution in [0, 0.1) is 0 Å². The monoisotopic (exact) mass is 378 g/mol. The molecule has 0 aliphatic heterocycles. The fourth-order valence-corrected chi connectivity index (χ4v) is 3.23. The van der Waals surface area contributed by atoms with Gasteiger partial charge in [-0.3, -0.25) is 4.55 Å². The average molecular weight is 378 g/mol. The number of unbranched alkanes of at least 4 members (excludes halogenated alkanes) is 5. The lowest BCUT2D eigenvalue weighted by Gasteiger charge is -2.10. The smallest absolute Gasteiger partial charge is 0.294 e. The summed E-state index contributed by atoms with van der Waals surface area (Å²) in [6.45, 7) is 2.20. The van der Waals surface area contributed by atoms with Crippen LogP contribution in [0.1, 0.15) is 51.0 Å². The van der Waals surface area contributed by atoms with Crippen molar-refractivity contribution in [3.63, 3.8) is 0 Å². The Morgan fingerprint density at radius 3 is 2.42 bits per heavy atom. The average Bonchev–Trinajstić information content (AvgIpc) is 2.59. The van der Waals surface area contributed by atoms with Crippen LogP contribution in [0.15, 0.2) is 47.4 Å². The molecule has 0 fully saturated rings. The molecule has 0 aliphatic carbocycles. The molecule has 2 N–H and O–H groups in total. The van der Waals surface area contributed by atoms with E-state index >= 15 is 0 Å². The Morgan fingerprint density at radius 1 is 0.962 bits per heavy atom. The van der Waals surface area contributed by atoms with Gasteiger partial charge >= 0.3 is 0 Å². The predicted molar refractivity (Wildman–Crippen MR) is 102 cm³/mol. The number of aryl methyl sites for hydroxylation is 1. The molecular weight excluding hydrogens is 352 g/mol. The van der Waals surface area contributed by atoms with Crippen LogP contribution < -0.4 is 4.74 Å². The second-order valence-corrected chi connectivity index (χ2v) is 7.79. The summed E-state index contributed by atoms with van der Waals surface area (Å²) in [5.74, 6) is 0.298. The molecule has 5 nitrogen and oxygen atoms in total. The van der Waals surface area contributed by atoms with Gasteiger partial charge in [0.1, 0.15) is 5.75 Å². The van der Waals surface area contributed by atoms with Gasteiger partial charge in [-0.25, -0.2) is 0 Å². The lowest BCUT2D eigenvalue weighted by atomic mass is 10.0. The Labute approximate surface area is 155 Å². The maximum atomic E-state index is 11.2. The van der Waals surface area contributed by atoms with E-state index < -0.39 is 10.1 Å². The summed E-state index contributed by atoms with van der Waals surface area (Å²) in [7, 11) is -4.36. The molecule has 0 radical (unpaired) electrons. The number of phenols is 1. The minimum atomic E-state index is -4.36. The molecule has 2 aromatic rings. The highest BCUT2D eigenvalue weighted by atomic mass is 32.2. The van der Waals surface area contributed by atoms with E-state index in [-0.39, 0.29) is 16.4 Å². The van der Waals surface area contributed by atoms with Gasteiger partial charge in [0.05, 0.1) is 4.90 Å². The lowest BCUT2D eigenvalue weighted by Crippen LogP contribution is -1.98. The quantitative estimate of drug-likeness (QED) is 0.431. The lowest BCUT2D eigenvalue weighted by molar-refractivity contribution is 0.409. The molecule has 6 heteroatoms. The Kier molecular flexibility index (Phi) is 7.48. The molecule has 0 aromatic heterocycles. The highest BCUT2D eigenvalue weighted by Gasteiger charge is 2.14. The summed E-state index contributed by atoms with van der Waals surface area (Å²) < 4.78 is 37.2. The maximum Gasteiger partial charge on any atom is 0.294 e. The minimum absolute atomic E-state index is 0.0168. The molecule has 0 heterocycles. The number of ether oxygens (including phenoxy) is 1. The fraction of sp³-hybridized carbons (Fsp3) is 0.400. The van der Waals surface area contributed by atoms with E-state index in [1.807, 2.05) is 18.2 Å². The molecule has 0 saturated carbocycles. The van der Waals surface area contributed by atoms with Crippen LogP contribution in [0.25, 0.3) is 0 Å². The van der Waals surface area contributed by atoms with E-state index in [0.29, 0.717) is 5.75 Å². The van der Waals surface area contributed by atoms with Crippen LogP contribution in [0.3, 0.4) is 0 Å². The van der Waals surface area contributed by atoms with Gasteiger partial charge in [-0.05, 0) is 42.7 Å². The summed E-state index contributed by atoms with van der Waals surface area (Å²) >= 11 is 0. The summed E-state index contributed by atoms with van der Waals surface area (Å²) in [6.07, 6.45) is 8.31. The van der Waals surface area contributed by atoms with Crippen LogP contribution in [0.2, 0.25) is 0 Å². The third kappa shape index (κ3) is 6.35. The number of benzene rings is 2. The van der Waals surface area contributed by atoms with Crippen molar-refractivity contribution in [2.75, 3.05) is 0 Å². The zero-order valence-corrected chi connectivity index (χ0v) is 15.8. The first kappa shape index (κ1) is 20.3. The largest absolute Gasteiger partial charge is 0.504 e. The topological polar surface area (TPSA) is 83.8 Å². The molecule has 0 amide bonds. The second kappa shape index (κ2) is 9.59. The van der Waals surface area contributed by atoms with Crippen LogP contribution in [0.5, 0.6) is 17.2 Å². The van der Waals surface area contributed by atoms with Crippen molar-refractivity contribution >= 4 is 10.1 Å². The van der Waals surface area contributed by atoms with E-state index in [1.54, 1.807) is 6.07 Å². The van der Waals surface area contributed by atoms with Crippen LogP contribution in [-0.4, -0.2) is 18.1 Å². The van der Waals surface area contributed by atoms with Gasteiger partial charge < -0.3 is 9.84 Å². The normalized spacial score (nSPS) is 11.5. The van der Waals surface area contributed by atoms with Crippen molar-refractivity contribution in [3.05, 3.63) is 48.0 Å². The van der Waals surface area contributed by atoms with Crippen molar-refractivity contribution < 1.29 is 22.8 Å². The van der Waals surface area contributed by atoms with Crippen molar-refractivity contribution in [2.24, 2.45) is 0 Å². The van der Waals surface area contributed by atoms with Gasteiger partial charge in [0.2, 0.25) is 0 Å². The van der Waals surface area contributed by atoms with Crippen molar-refractivity contribution in [3.8, 4) is 17.2 Å². The zero-order chi connectivity index (χ0) is 19.0. The predicted octanol–water partition coefficient (Wildman–Crippen LogP) is 5.33. The van der Waals surface area contributed by atoms with Gasteiger partial charge in [0.25, 0.3) is 10.1 Å². The minimum Gasteiger partial charge on any atom is -0.504 e. The Morgan fingerprint density at radius 2 is 1.69 bits per heavy atom. The SMILES string of the molecule is CCCCCCCCc1cccc(Oc2cc(S(=O)(=O)O)ccc2O)c1. The molecule has 0 aliphatic rings. The fourth-order valence-electron chi connectivity index (χ4n) is 2.74. The highest BCUT2D eigenvalue weighted by Crippen LogP contribution is 2.33.